The van der Waals surface area contributed by atoms with Gasteiger partial charge in [-0.3, -0.25) is 4.90 Å². The first kappa shape index (κ1) is 15.1. The molecule has 1 saturated heterocycles. The number of hydrogen-bond donors (Lipinski definition) is 1. The van der Waals surface area contributed by atoms with Crippen molar-refractivity contribution in [1.29, 1.82) is 0 Å². The molecule has 0 saturated carbocycles. The Bertz CT molecular complexity index is 601. The first-order valence-electron chi connectivity index (χ1n) is 7.18. The number of halogens is 2. The molecule has 1 N–H and O–H groups in total. The Hall–Kier alpha value is -0.840. The minimum Gasteiger partial charge on any atom is -0.380 e. The largest absolute Gasteiger partial charge is 0.380 e. The van der Waals surface area contributed by atoms with E-state index in [9.17, 15) is 0 Å². The molecule has 1 aliphatic heterocycles. The van der Waals surface area contributed by atoms with Crippen LogP contribution in [0.2, 0.25) is 0 Å². The second-order valence-electron chi connectivity index (χ2n) is 5.47. The van der Waals surface area contributed by atoms with Gasteiger partial charge in [-0.1, -0.05) is 46.3 Å². The fourth-order valence-corrected chi connectivity index (χ4v) is 3.49. The molecule has 1 heterocycles. The average molecular weight is 410 g/mol. The summed E-state index contributed by atoms with van der Waals surface area (Å²) in [4.78, 5) is 2.51. The molecule has 1 unspecified atom stereocenters. The molecule has 1 aliphatic rings. The van der Waals surface area contributed by atoms with E-state index in [0.29, 0.717) is 6.04 Å². The van der Waals surface area contributed by atoms with Gasteiger partial charge in [-0.15, -0.1) is 0 Å². The number of nitrogens with one attached hydrogen (secondary N) is 1. The summed E-state index contributed by atoms with van der Waals surface area (Å²) in [5, 5.41) is 3.65. The Kier molecular flexibility index (Phi) is 4.99. The molecule has 4 heteroatoms. The Morgan fingerprint density at radius 1 is 1.10 bits per heavy atom. The molecule has 0 aromatic heterocycles. The van der Waals surface area contributed by atoms with Gasteiger partial charge in [0.1, 0.15) is 0 Å². The van der Waals surface area contributed by atoms with Crippen molar-refractivity contribution in [2.24, 2.45) is 0 Å². The predicted molar refractivity (Wildman–Crippen MR) is 95.6 cm³/mol. The van der Waals surface area contributed by atoms with Gasteiger partial charge in [-0.2, -0.15) is 0 Å². The van der Waals surface area contributed by atoms with Gasteiger partial charge in [-0.25, -0.2) is 0 Å². The van der Waals surface area contributed by atoms with E-state index >= 15 is 0 Å². The van der Waals surface area contributed by atoms with E-state index in [1.165, 1.54) is 12.0 Å². The van der Waals surface area contributed by atoms with Crippen molar-refractivity contribution < 1.29 is 0 Å². The highest BCUT2D eigenvalue weighted by molar-refractivity contribution is 9.11. The van der Waals surface area contributed by atoms with Gasteiger partial charge in [0.05, 0.1) is 0 Å². The van der Waals surface area contributed by atoms with Crippen molar-refractivity contribution >= 4 is 37.5 Å². The van der Waals surface area contributed by atoms with Gasteiger partial charge in [0.15, 0.2) is 0 Å². The lowest BCUT2D eigenvalue weighted by Gasteiger charge is -2.18. The molecule has 21 heavy (non-hydrogen) atoms. The van der Waals surface area contributed by atoms with E-state index in [1.807, 2.05) is 6.07 Å². The number of likely N-dealkylation sites (tertiary alicyclic amines) is 1. The van der Waals surface area contributed by atoms with Crippen LogP contribution in [0.15, 0.2) is 57.5 Å². The third-order valence-electron chi connectivity index (χ3n) is 3.81. The topological polar surface area (TPSA) is 15.3 Å². The van der Waals surface area contributed by atoms with Crippen molar-refractivity contribution in [3.8, 4) is 0 Å². The van der Waals surface area contributed by atoms with E-state index in [1.54, 1.807) is 0 Å². The van der Waals surface area contributed by atoms with Gasteiger partial charge in [0.2, 0.25) is 0 Å². The first-order chi connectivity index (χ1) is 10.2. The molecule has 1 fully saturated rings. The summed E-state index contributed by atoms with van der Waals surface area (Å²) in [5.41, 5.74) is 2.55. The second kappa shape index (κ2) is 6.95. The Balaban J connectivity index is 1.58. The van der Waals surface area contributed by atoms with Crippen molar-refractivity contribution in [2.45, 2.75) is 19.0 Å². The van der Waals surface area contributed by atoms with E-state index in [2.05, 4.69) is 84.5 Å². The van der Waals surface area contributed by atoms with Crippen LogP contribution >= 0.6 is 31.9 Å². The molecule has 0 spiro atoms. The lowest BCUT2D eigenvalue weighted by atomic mass is 10.2. The predicted octanol–water partition coefficient (Wildman–Crippen LogP) is 4.90. The molecule has 0 amide bonds. The molecular weight excluding hydrogens is 392 g/mol. The standard InChI is InChI=1S/C17H18Br2N2/c18-14-6-7-16(19)17(10-14)20-15-8-9-21(12-15)11-13-4-2-1-3-5-13/h1-7,10,15,20H,8-9,11-12H2. The Labute approximate surface area is 142 Å². The van der Waals surface area contributed by atoms with Gasteiger partial charge >= 0.3 is 0 Å². The molecule has 0 radical (unpaired) electrons. The van der Waals surface area contributed by atoms with Crippen LogP contribution in [0.25, 0.3) is 0 Å². The molecule has 1 atom stereocenters. The molecule has 3 rings (SSSR count). The maximum atomic E-state index is 3.65. The summed E-state index contributed by atoms with van der Waals surface area (Å²) >= 11 is 7.14. The highest BCUT2D eigenvalue weighted by atomic mass is 79.9. The minimum atomic E-state index is 0.513. The van der Waals surface area contributed by atoms with Crippen molar-refractivity contribution in [3.63, 3.8) is 0 Å². The van der Waals surface area contributed by atoms with Gasteiger partial charge in [0, 0.05) is 40.3 Å². The van der Waals surface area contributed by atoms with Crippen LogP contribution in [0, 0.1) is 0 Å². The molecular formula is C17H18Br2N2. The monoisotopic (exact) mass is 408 g/mol. The molecule has 0 bridgehead atoms. The number of nitrogens with zero attached hydrogens (tertiary/aromatic N) is 1. The molecule has 2 nitrogen and oxygen atoms in total. The lowest BCUT2D eigenvalue weighted by Crippen LogP contribution is -2.26. The molecule has 2 aromatic carbocycles. The SMILES string of the molecule is Brc1ccc(Br)c(NC2CCN(Cc3ccccc3)C2)c1. The molecule has 2 aromatic rings. The third kappa shape index (κ3) is 4.09. The minimum absolute atomic E-state index is 0.513. The zero-order chi connectivity index (χ0) is 14.7. The van der Waals surface area contributed by atoms with Gasteiger partial charge in [-0.05, 0) is 46.1 Å². The summed E-state index contributed by atoms with van der Waals surface area (Å²) in [6.45, 7) is 3.28. The van der Waals surface area contributed by atoms with Crippen LogP contribution in [0.1, 0.15) is 12.0 Å². The Morgan fingerprint density at radius 2 is 1.90 bits per heavy atom. The van der Waals surface area contributed by atoms with Crippen molar-refractivity contribution in [2.75, 3.05) is 18.4 Å². The van der Waals surface area contributed by atoms with Gasteiger partial charge < -0.3 is 5.32 Å². The lowest BCUT2D eigenvalue weighted by molar-refractivity contribution is 0.328. The summed E-state index contributed by atoms with van der Waals surface area (Å²) < 4.78 is 2.22. The van der Waals surface area contributed by atoms with Crippen LogP contribution < -0.4 is 5.32 Å². The zero-order valence-corrected chi connectivity index (χ0v) is 14.9. The van der Waals surface area contributed by atoms with Crippen LogP contribution in [0.4, 0.5) is 5.69 Å². The van der Waals surface area contributed by atoms with Crippen molar-refractivity contribution in [1.82, 2.24) is 4.90 Å². The fraction of sp³-hybridized carbons (Fsp3) is 0.294. The number of rotatable bonds is 4. The highest BCUT2D eigenvalue weighted by Crippen LogP contribution is 2.28. The van der Waals surface area contributed by atoms with Gasteiger partial charge in [0.25, 0.3) is 0 Å². The fourth-order valence-electron chi connectivity index (χ4n) is 2.76. The number of benzene rings is 2. The smallest absolute Gasteiger partial charge is 0.0498 e. The summed E-state index contributed by atoms with van der Waals surface area (Å²) in [7, 11) is 0. The van der Waals surface area contributed by atoms with E-state index < -0.39 is 0 Å². The van der Waals surface area contributed by atoms with Crippen LogP contribution in [-0.2, 0) is 6.54 Å². The van der Waals surface area contributed by atoms with E-state index in [0.717, 1.165) is 34.3 Å². The zero-order valence-electron chi connectivity index (χ0n) is 11.7. The van der Waals surface area contributed by atoms with Crippen LogP contribution in [0.3, 0.4) is 0 Å². The van der Waals surface area contributed by atoms with E-state index in [4.69, 9.17) is 0 Å². The maximum Gasteiger partial charge on any atom is 0.0498 e. The highest BCUT2D eigenvalue weighted by Gasteiger charge is 2.22. The molecule has 110 valence electrons. The third-order valence-corrected chi connectivity index (χ3v) is 4.99. The van der Waals surface area contributed by atoms with Crippen LogP contribution in [-0.4, -0.2) is 24.0 Å². The Morgan fingerprint density at radius 3 is 2.71 bits per heavy atom. The van der Waals surface area contributed by atoms with E-state index in [-0.39, 0.29) is 0 Å². The summed E-state index contributed by atoms with van der Waals surface area (Å²) in [6.07, 6.45) is 1.19. The maximum absolute atomic E-state index is 3.65. The molecule has 0 aliphatic carbocycles. The summed E-state index contributed by atoms with van der Waals surface area (Å²) in [5.74, 6) is 0. The summed E-state index contributed by atoms with van der Waals surface area (Å²) in [6, 6.07) is 17.5. The first-order valence-corrected chi connectivity index (χ1v) is 8.77. The number of hydrogen-bond acceptors (Lipinski definition) is 2. The quantitative estimate of drug-likeness (QED) is 0.772. The average Bonchev–Trinajstić information content (AvgIpc) is 2.91. The number of anilines is 1. The van der Waals surface area contributed by atoms with Crippen molar-refractivity contribution in [3.05, 3.63) is 63.0 Å². The van der Waals surface area contributed by atoms with Crippen LogP contribution in [0.5, 0.6) is 0 Å². The second-order valence-corrected chi connectivity index (χ2v) is 7.24. The normalized spacial score (nSPS) is 18.9.